The van der Waals surface area contributed by atoms with Crippen LogP contribution in [-0.4, -0.2) is 12.6 Å². The first-order valence-electron chi connectivity index (χ1n) is 20.7. The lowest BCUT2D eigenvalue weighted by Gasteiger charge is -2.25. The molecule has 6 heterocycles. The summed E-state index contributed by atoms with van der Waals surface area (Å²) in [6, 6.07) is 46.9. The molecular formula is C52H45N3O2Si+2. The Bertz CT molecular complexity index is 3410. The minimum atomic E-state index is -1.85. The summed E-state index contributed by atoms with van der Waals surface area (Å²) in [6.07, 6.45) is 2.56. The molecule has 0 saturated carbocycles. The molecule has 0 radical (unpaired) electrons. The first kappa shape index (κ1) is 33.9. The van der Waals surface area contributed by atoms with Gasteiger partial charge in [-0.2, -0.15) is 4.57 Å². The number of furan rings is 2. The number of nitrogens with zero attached hydrogens (tertiary/aromatic N) is 3. The van der Waals surface area contributed by atoms with Crippen LogP contribution in [0, 0.1) is 0 Å². The fourth-order valence-electron chi connectivity index (χ4n) is 10.5. The van der Waals surface area contributed by atoms with Crippen molar-refractivity contribution in [1.82, 2.24) is 4.57 Å². The maximum atomic E-state index is 7.09. The summed E-state index contributed by atoms with van der Waals surface area (Å²) < 4.78 is 21.7. The maximum absolute atomic E-state index is 7.09. The molecular weight excluding hydrogens is 727 g/mol. The van der Waals surface area contributed by atoms with Crippen LogP contribution in [-0.2, 0) is 5.66 Å². The van der Waals surface area contributed by atoms with Crippen molar-refractivity contribution in [3.8, 4) is 28.3 Å². The van der Waals surface area contributed by atoms with Gasteiger partial charge in [-0.05, 0) is 77.6 Å². The number of pyridine rings is 1. The smallest absolute Gasteiger partial charge is 0.364 e. The average Bonchev–Trinajstić information content (AvgIpc) is 4.01. The van der Waals surface area contributed by atoms with Gasteiger partial charge in [-0.1, -0.05) is 114 Å². The van der Waals surface area contributed by atoms with Crippen LogP contribution < -0.4 is 14.3 Å². The zero-order chi connectivity index (χ0) is 39.4. The molecule has 1 unspecified atom stereocenters. The number of imidazole rings is 1. The van der Waals surface area contributed by atoms with Crippen LogP contribution in [0.3, 0.4) is 0 Å². The fraction of sp³-hybridized carbons (Fsp3) is 0.192. The van der Waals surface area contributed by atoms with Gasteiger partial charge in [0.1, 0.15) is 16.7 Å². The van der Waals surface area contributed by atoms with Crippen molar-refractivity contribution in [2.75, 3.05) is 0 Å². The van der Waals surface area contributed by atoms with Gasteiger partial charge in [0.25, 0.3) is 0 Å². The predicted octanol–water partition coefficient (Wildman–Crippen LogP) is 12.1. The van der Waals surface area contributed by atoms with E-state index in [1.54, 1.807) is 0 Å². The lowest BCUT2D eigenvalue weighted by Crippen LogP contribution is -2.72. The second-order valence-corrected chi connectivity index (χ2v) is 23.2. The molecule has 2 aliphatic heterocycles. The molecule has 0 fully saturated rings. The third-order valence-corrected chi connectivity index (χ3v) is 15.2. The van der Waals surface area contributed by atoms with E-state index in [0.29, 0.717) is 11.8 Å². The number of hydrogen-bond donors (Lipinski definition) is 0. The van der Waals surface area contributed by atoms with E-state index in [-0.39, 0.29) is 0 Å². The normalized spacial score (nSPS) is 15.9. The highest BCUT2D eigenvalue weighted by atomic mass is 28.3. The number of hydrogen-bond acceptors (Lipinski definition) is 2. The van der Waals surface area contributed by atoms with Gasteiger partial charge in [0, 0.05) is 32.8 Å². The summed E-state index contributed by atoms with van der Waals surface area (Å²) in [7, 11) is -1.85. The van der Waals surface area contributed by atoms with E-state index in [1.807, 2.05) is 0 Å². The number of benzene rings is 6. The monoisotopic (exact) mass is 771 g/mol. The Morgan fingerprint density at radius 1 is 0.621 bits per heavy atom. The van der Waals surface area contributed by atoms with Gasteiger partial charge >= 0.3 is 11.5 Å². The molecule has 2 aliphatic rings. The number of rotatable bonds is 4. The molecule has 0 aliphatic carbocycles. The Hall–Kier alpha value is -6.24. The van der Waals surface area contributed by atoms with Crippen LogP contribution in [0.1, 0.15) is 61.8 Å². The average molecular weight is 772 g/mol. The minimum Gasteiger partial charge on any atom is -0.455 e. The summed E-state index contributed by atoms with van der Waals surface area (Å²) >= 11 is 0. The van der Waals surface area contributed by atoms with E-state index in [1.165, 1.54) is 38.7 Å². The zero-order valence-electron chi connectivity index (χ0n) is 34.0. The highest BCUT2D eigenvalue weighted by molar-refractivity contribution is 6.89. The van der Waals surface area contributed by atoms with Gasteiger partial charge in [0.05, 0.1) is 24.8 Å². The van der Waals surface area contributed by atoms with E-state index in [9.17, 15) is 0 Å². The lowest BCUT2D eigenvalue weighted by molar-refractivity contribution is -0.944. The van der Waals surface area contributed by atoms with E-state index < -0.39 is 13.7 Å². The highest BCUT2D eigenvalue weighted by Gasteiger charge is 2.67. The number of para-hydroxylation sites is 5. The Morgan fingerprint density at radius 3 is 2.02 bits per heavy atom. The molecule has 12 rings (SSSR count). The summed E-state index contributed by atoms with van der Waals surface area (Å²) in [5, 5.41) is 5.96. The van der Waals surface area contributed by atoms with Crippen molar-refractivity contribution in [2.45, 2.75) is 64.8 Å². The van der Waals surface area contributed by atoms with Crippen LogP contribution in [0.25, 0.3) is 83.2 Å². The molecule has 6 aromatic carbocycles. The van der Waals surface area contributed by atoms with Crippen LogP contribution >= 0.6 is 0 Å². The topological polar surface area (TPSA) is 39.0 Å². The van der Waals surface area contributed by atoms with Gasteiger partial charge in [-0.3, -0.25) is 0 Å². The molecule has 0 amide bonds. The van der Waals surface area contributed by atoms with Crippen molar-refractivity contribution in [1.29, 1.82) is 0 Å². The summed E-state index contributed by atoms with van der Waals surface area (Å²) in [5.41, 5.74) is 15.0. The number of fused-ring (bicyclic) bond motifs is 19. The van der Waals surface area contributed by atoms with E-state index in [2.05, 4.69) is 195 Å². The SMILES string of the molecule is CC(C)c1ccc2c(c1)C1(c3ccc4c(oc5ccccc54)c3-c3n(-c4cccc5c4oc4ccccc45)c4ccccc4[n+]31)[n+]1cc([Si](C)(C)C)c(C(C)C)cc1-2. The van der Waals surface area contributed by atoms with Crippen molar-refractivity contribution in [3.05, 3.63) is 156 Å². The lowest BCUT2D eigenvalue weighted by atomic mass is 9.86. The molecule has 10 aromatic rings. The molecule has 58 heavy (non-hydrogen) atoms. The van der Waals surface area contributed by atoms with Gasteiger partial charge in [-0.25, -0.2) is 0 Å². The molecule has 6 heteroatoms. The Kier molecular flexibility index (Phi) is 6.68. The summed E-state index contributed by atoms with van der Waals surface area (Å²) in [6.45, 7) is 16.8. The first-order chi connectivity index (χ1) is 28.1. The van der Waals surface area contributed by atoms with Crippen molar-refractivity contribution >= 4 is 68.2 Å². The Morgan fingerprint density at radius 2 is 1.29 bits per heavy atom. The molecule has 5 nitrogen and oxygen atoms in total. The largest absolute Gasteiger partial charge is 0.455 e. The molecule has 0 N–H and O–H groups in total. The van der Waals surface area contributed by atoms with Gasteiger partial charge in [0.2, 0.25) is 5.69 Å². The fourth-order valence-corrected chi connectivity index (χ4v) is 12.3. The van der Waals surface area contributed by atoms with Gasteiger partial charge < -0.3 is 8.83 Å². The summed E-state index contributed by atoms with van der Waals surface area (Å²) in [5.74, 6) is 1.83. The van der Waals surface area contributed by atoms with Crippen molar-refractivity contribution in [2.24, 2.45) is 0 Å². The highest BCUT2D eigenvalue weighted by Crippen LogP contribution is 2.53. The minimum absolute atomic E-state index is 0.357. The predicted molar refractivity (Wildman–Crippen MR) is 238 cm³/mol. The molecule has 1 atom stereocenters. The molecule has 282 valence electrons. The van der Waals surface area contributed by atoms with E-state index in [4.69, 9.17) is 8.83 Å². The third kappa shape index (κ3) is 4.15. The molecule has 0 saturated heterocycles. The van der Waals surface area contributed by atoms with Crippen molar-refractivity contribution in [3.63, 3.8) is 0 Å². The quantitative estimate of drug-likeness (QED) is 0.132. The van der Waals surface area contributed by atoms with Crippen LogP contribution in [0.4, 0.5) is 0 Å². The van der Waals surface area contributed by atoms with Crippen LogP contribution in [0.5, 0.6) is 0 Å². The van der Waals surface area contributed by atoms with Gasteiger partial charge in [-0.15, -0.1) is 9.13 Å². The van der Waals surface area contributed by atoms with Crippen LogP contribution in [0.15, 0.2) is 142 Å². The molecule has 1 spiro atoms. The maximum Gasteiger partial charge on any atom is 0.364 e. The van der Waals surface area contributed by atoms with E-state index in [0.717, 1.165) is 72.0 Å². The zero-order valence-corrected chi connectivity index (χ0v) is 35.0. The first-order valence-corrected chi connectivity index (χ1v) is 24.2. The molecule has 0 bridgehead atoms. The molecule has 4 aromatic heterocycles. The summed E-state index contributed by atoms with van der Waals surface area (Å²) in [4.78, 5) is 0. The van der Waals surface area contributed by atoms with Gasteiger partial charge in [0.15, 0.2) is 34.1 Å². The Labute approximate surface area is 338 Å². The second-order valence-electron chi connectivity index (χ2n) is 18.1. The third-order valence-electron chi connectivity index (χ3n) is 13.1. The van der Waals surface area contributed by atoms with E-state index >= 15 is 0 Å². The Balaban J connectivity index is 1.34. The standard InChI is InChI=1S/C52H45N3O2Si/c1-30(2)32-23-24-37-40(27-32)52(53-29-47(58(5,6)7)38(31(3)4)28-44(37)53)39-26-25-36-34-16-9-13-22-46(34)57-50(36)48(39)51-54(41-18-10-11-19-42(41)55(51)52)43-20-14-17-35-33-15-8-12-21-45(33)56-49(35)43/h8-31H,1-7H3/q+2. The second kappa shape index (κ2) is 11.5. The van der Waals surface area contributed by atoms with Crippen molar-refractivity contribution < 1.29 is 18.0 Å². The number of aromatic nitrogens is 3. The van der Waals surface area contributed by atoms with Crippen LogP contribution in [0.2, 0.25) is 19.6 Å².